The van der Waals surface area contributed by atoms with Gasteiger partial charge in [0.05, 0.1) is 6.10 Å². The van der Waals surface area contributed by atoms with Crippen molar-refractivity contribution < 1.29 is 5.11 Å². The molecule has 0 aromatic rings. The molecule has 0 radical (unpaired) electrons. The molecule has 558 valence electrons. The minimum Gasteiger partial charge on any atom is -0.391 e. The lowest BCUT2D eigenvalue weighted by Crippen LogP contribution is -2.53. The first-order valence-electron chi connectivity index (χ1n) is 38.4. The van der Waals surface area contributed by atoms with Crippen LogP contribution in [-0.2, 0) is 0 Å². The lowest BCUT2D eigenvalue weighted by molar-refractivity contribution is 0.0106. The summed E-state index contributed by atoms with van der Waals surface area (Å²) in [7, 11) is 0. The van der Waals surface area contributed by atoms with Gasteiger partial charge in [0.15, 0.2) is 0 Å². The smallest absolute Gasteiger partial charge is 0.0716 e. The molecule has 15 heteroatoms. The van der Waals surface area contributed by atoms with Crippen molar-refractivity contribution in [3.8, 4) is 0 Å². The van der Waals surface area contributed by atoms with Crippen LogP contribution in [0.5, 0.6) is 0 Å². The molecule has 93 heavy (non-hydrogen) atoms. The molecule has 0 spiro atoms. The molecule has 0 aromatic heterocycles. The molecule has 8 aliphatic rings. The third-order valence-electron chi connectivity index (χ3n) is 21.6. The topological polar surface area (TPSA) is 234 Å². The zero-order valence-electron chi connectivity index (χ0n) is 67.4. The fourth-order valence-corrected chi connectivity index (χ4v) is 14.7. The van der Waals surface area contributed by atoms with Crippen LogP contribution in [0.25, 0.3) is 0 Å². The number of nitrogens with one attached hydrogen (secondary N) is 1. The number of aliphatic hydroxyl groups excluding tert-OH is 1. The summed E-state index contributed by atoms with van der Waals surface area (Å²) in [6.45, 7) is 77.6. The summed E-state index contributed by atoms with van der Waals surface area (Å²) in [6.07, 6.45) is 19.2. The van der Waals surface area contributed by atoms with Gasteiger partial charge in [-0.25, -0.2) is 0 Å². The molecule has 0 bridgehead atoms. The highest BCUT2D eigenvalue weighted by molar-refractivity contribution is 4.93. The summed E-state index contributed by atoms with van der Waals surface area (Å²) in [5, 5.41) is 13.1. The number of piperidine rings is 2. The first-order valence-corrected chi connectivity index (χ1v) is 38.4. The Morgan fingerprint density at radius 3 is 1.10 bits per heavy atom. The van der Waals surface area contributed by atoms with Gasteiger partial charge in [0.1, 0.15) is 0 Å². The lowest BCUT2D eigenvalue weighted by atomic mass is 9.67. The van der Waals surface area contributed by atoms with E-state index in [9.17, 15) is 5.11 Å². The second-order valence-electron chi connectivity index (χ2n) is 39.1. The molecule has 8 fully saturated rings. The van der Waals surface area contributed by atoms with Crippen LogP contribution in [0, 0.1) is 40.4 Å². The van der Waals surface area contributed by atoms with Crippen molar-refractivity contribution in [1.82, 2.24) is 34.7 Å². The van der Waals surface area contributed by atoms with Crippen molar-refractivity contribution in [3.05, 3.63) is 0 Å². The zero-order valence-corrected chi connectivity index (χ0v) is 67.4. The maximum Gasteiger partial charge on any atom is 0.0716 e. The molecule has 15 nitrogen and oxygen atoms in total. The van der Waals surface area contributed by atoms with Gasteiger partial charge in [0, 0.05) is 134 Å². The number of rotatable bonds is 0. The van der Waals surface area contributed by atoms with Crippen LogP contribution in [-0.4, -0.2) is 208 Å². The minimum absolute atomic E-state index is 0.0204. The quantitative estimate of drug-likeness (QED) is 0.110. The average molecular weight is 1320 g/mol. The van der Waals surface area contributed by atoms with Crippen LogP contribution >= 0.6 is 0 Å². The van der Waals surface area contributed by atoms with E-state index in [0.29, 0.717) is 86.6 Å². The Hall–Kier alpha value is -0.600. The van der Waals surface area contributed by atoms with Crippen LogP contribution < -0.4 is 45.5 Å². The Bertz CT molecular complexity index is 1810. The fraction of sp³-hybridized carbons (Fsp3) is 1.00. The molecule has 2 saturated carbocycles. The van der Waals surface area contributed by atoms with Gasteiger partial charge in [-0.05, 0) is 294 Å². The Balaban J connectivity index is 0.000000532. The first-order chi connectivity index (χ1) is 42.2. The predicted octanol–water partition coefficient (Wildman–Crippen LogP) is 12.3. The largest absolute Gasteiger partial charge is 0.391 e. The molecule has 13 atom stereocenters. The standard InChI is InChI=1S/C11H23NO.C11H23N.3C10H22N2.2C9H20N2.C8H18N2/c1-7-5-8(11(2,3)4)6-9(12)10(7)13;1-8-5-9(11(2,3)4)7-10(12)6-8;1-8-5-9(11)7-12(6-8)10(2,3)4;1-10(2,3)12-7-4-5-9(11)6-8-12;1-10(2,3)12-7-5-4-6-9(11)8-12;1-9(2,3)11-7-4-5-10-6-8-11;1-9(2,3)11-6-4-5-8(10)7-11;1-8(2,3)10-5-4-7(9)6-10/h7-10,13H,5-6,12H2,1-4H3;8-10H,5-7,12H2,1-4H3;8-9H,5-7,11H2,1-4H3;2*9H,4-8,11H2,1-3H3;10H,4-8H2,1-3H3;8H,4-7,10H2,1-3H3;7H,4-6,9H2,1-3H3/t;;8-,9+;;;;8-;/m..1...0./s1. The van der Waals surface area contributed by atoms with E-state index in [2.05, 4.69) is 222 Å². The molecule has 10 unspecified atom stereocenters. The van der Waals surface area contributed by atoms with Crippen LogP contribution in [0.4, 0.5) is 0 Å². The number of aliphatic hydroxyl groups is 1. The summed E-state index contributed by atoms with van der Waals surface area (Å²) < 4.78 is 0. The second-order valence-corrected chi connectivity index (χ2v) is 39.1. The van der Waals surface area contributed by atoms with Crippen molar-refractivity contribution in [2.75, 3.05) is 91.6 Å². The molecular formula is C78H170N14O. The molecule has 0 aromatic carbocycles. The third kappa shape index (κ3) is 38.7. The van der Waals surface area contributed by atoms with Crippen LogP contribution in [0.1, 0.15) is 290 Å². The van der Waals surface area contributed by atoms with E-state index in [0.717, 1.165) is 76.2 Å². The highest BCUT2D eigenvalue weighted by Gasteiger charge is 2.38. The number of nitrogens with zero attached hydrogens (tertiary/aromatic N) is 6. The summed E-state index contributed by atoms with van der Waals surface area (Å²) in [5.74, 6) is 3.43. The Morgan fingerprint density at radius 2 is 0.667 bits per heavy atom. The molecular weight excluding hydrogens is 1150 g/mol. The van der Waals surface area contributed by atoms with E-state index >= 15 is 0 Å². The van der Waals surface area contributed by atoms with Crippen molar-refractivity contribution in [2.24, 2.45) is 80.6 Å². The minimum atomic E-state index is -0.293. The van der Waals surface area contributed by atoms with Crippen LogP contribution in [0.15, 0.2) is 0 Å². The van der Waals surface area contributed by atoms with E-state index in [4.69, 9.17) is 40.1 Å². The molecule has 16 N–H and O–H groups in total. The number of hydrogen-bond acceptors (Lipinski definition) is 15. The monoisotopic (exact) mass is 1320 g/mol. The second kappa shape index (κ2) is 40.7. The molecule has 6 aliphatic heterocycles. The van der Waals surface area contributed by atoms with E-state index in [-0.39, 0.29) is 17.7 Å². The van der Waals surface area contributed by atoms with Gasteiger partial charge < -0.3 is 50.6 Å². The van der Waals surface area contributed by atoms with Crippen LogP contribution in [0.3, 0.4) is 0 Å². The molecule has 8 rings (SSSR count). The highest BCUT2D eigenvalue weighted by Crippen LogP contribution is 2.41. The number of hydrogen-bond donors (Lipinski definition) is 9. The predicted molar refractivity (Wildman–Crippen MR) is 410 cm³/mol. The Labute approximate surface area is 580 Å². The third-order valence-corrected chi connectivity index (χ3v) is 21.6. The summed E-state index contributed by atoms with van der Waals surface area (Å²) in [5.41, 5.74) is 44.1. The molecule has 6 saturated heterocycles. The lowest BCUT2D eigenvalue weighted by Gasteiger charge is -2.43. The highest BCUT2D eigenvalue weighted by atomic mass is 16.3. The summed E-state index contributed by atoms with van der Waals surface area (Å²) >= 11 is 0. The molecule has 6 heterocycles. The fourth-order valence-electron chi connectivity index (χ4n) is 14.7. The Morgan fingerprint density at radius 1 is 0.301 bits per heavy atom. The summed E-state index contributed by atoms with van der Waals surface area (Å²) in [4.78, 5) is 15.0. The van der Waals surface area contributed by atoms with Crippen molar-refractivity contribution in [3.63, 3.8) is 0 Å². The summed E-state index contributed by atoms with van der Waals surface area (Å²) in [6, 6.07) is 2.48. The van der Waals surface area contributed by atoms with Gasteiger partial charge in [0.25, 0.3) is 0 Å². The maximum atomic E-state index is 9.70. The van der Waals surface area contributed by atoms with Gasteiger partial charge >= 0.3 is 0 Å². The van der Waals surface area contributed by atoms with Gasteiger partial charge in [-0.2, -0.15) is 0 Å². The SMILES string of the molecule is CC(C)(C)N1CCC(N)C1.CC(C)(C)N1CCCC(N)CC1.CC(C)(C)N1CCCCC(N)C1.CC(C)(C)N1CCCNCC1.CC(C)(C)N1CCC[C@H](N)C1.CC1CC(C(C)(C)C)CC(N)C1O.CC1CC(N)CC(C(C)(C)C)C1.C[C@@H]1C[C@H](N)CN(C(C)(C)C)C1. The normalized spacial score (nSPS) is 31.8. The van der Waals surface area contributed by atoms with Gasteiger partial charge in [-0.15, -0.1) is 0 Å². The Kier molecular flexibility index (Phi) is 39.6. The average Bonchev–Trinajstić information content (AvgIpc) is 1.78. The van der Waals surface area contributed by atoms with Gasteiger partial charge in [-0.3, -0.25) is 29.4 Å². The number of nitrogens with two attached hydrogens (primary N) is 7. The molecule has 0 amide bonds. The van der Waals surface area contributed by atoms with E-state index in [1.165, 1.54) is 136 Å². The van der Waals surface area contributed by atoms with Crippen molar-refractivity contribution >= 4 is 0 Å². The maximum absolute atomic E-state index is 9.70. The van der Waals surface area contributed by atoms with Crippen LogP contribution in [0.2, 0.25) is 0 Å². The first kappa shape index (κ1) is 90.4. The zero-order chi connectivity index (χ0) is 71.9. The van der Waals surface area contributed by atoms with Crippen molar-refractivity contribution in [2.45, 2.75) is 371 Å². The van der Waals surface area contributed by atoms with E-state index in [1.54, 1.807) is 0 Å². The van der Waals surface area contributed by atoms with Gasteiger partial charge in [-0.1, -0.05) is 68.7 Å². The van der Waals surface area contributed by atoms with Crippen molar-refractivity contribution in [1.29, 1.82) is 0 Å². The molecule has 2 aliphatic carbocycles. The van der Waals surface area contributed by atoms with E-state index in [1.807, 2.05) is 0 Å². The van der Waals surface area contributed by atoms with E-state index < -0.39 is 0 Å². The van der Waals surface area contributed by atoms with Gasteiger partial charge in [0.2, 0.25) is 0 Å². The number of likely N-dealkylation sites (tertiary alicyclic amines) is 5.